The van der Waals surface area contributed by atoms with E-state index < -0.39 is 98.6 Å². The number of ether oxygens (including phenoxy) is 3. The molecular formula is C53H67N9O15S. The Bertz CT molecular complexity index is 3180. The number of nitrogens with two attached hydrogens (primary N) is 1. The average Bonchev–Trinajstić information content (AvgIpc) is 3.84. The number of hydrogen-bond acceptors (Lipinski definition) is 16. The van der Waals surface area contributed by atoms with Gasteiger partial charge >= 0.3 is 24.2 Å². The van der Waals surface area contributed by atoms with E-state index in [0.29, 0.717) is 40.0 Å². The molecule has 2 aliphatic heterocycles. The van der Waals surface area contributed by atoms with Gasteiger partial charge in [-0.15, -0.1) is 0 Å². The van der Waals surface area contributed by atoms with E-state index in [0.717, 1.165) is 11.1 Å². The van der Waals surface area contributed by atoms with Crippen LogP contribution in [0.2, 0.25) is 0 Å². The van der Waals surface area contributed by atoms with Gasteiger partial charge in [0.15, 0.2) is 15.4 Å². The van der Waals surface area contributed by atoms with E-state index in [-0.39, 0.29) is 81.1 Å². The number of cyclic esters (lactones) is 1. The molecular weight excluding hydrogens is 1030 g/mol. The number of fused-ring (bicyclic) bond motifs is 5. The van der Waals surface area contributed by atoms with E-state index in [1.54, 1.807) is 73.9 Å². The molecule has 0 saturated heterocycles. The molecule has 420 valence electrons. The molecule has 24 nitrogen and oxygen atoms in total. The van der Waals surface area contributed by atoms with Gasteiger partial charge in [0.25, 0.3) is 5.56 Å². The first kappa shape index (κ1) is 59.3. The number of anilines is 1. The summed E-state index contributed by atoms with van der Waals surface area (Å²) < 4.78 is 43.0. The SMILES string of the molecule is CCc1c2c(nc3ccc(OC(=O)N(C)CCN(C)C(=O)OCc4ccc(NC(=O)[C@H](CCCNC(N)=O)NC(=O)[C@@H](NC(=O)CS(=O)(=O)CC(=O)C(C)C)C(C)C)cc4)cc13)-c1cc3c(c(=O)n1C2)COC(=O)[C@]3(O)CC. The Morgan fingerprint density at radius 2 is 1.58 bits per heavy atom. The Labute approximate surface area is 450 Å². The number of aliphatic hydroxyl groups is 1. The normalized spacial score (nSPS) is 15.2. The van der Waals surface area contributed by atoms with Crippen LogP contribution in [0, 0.1) is 11.8 Å². The molecule has 0 radical (unpaired) electrons. The highest BCUT2D eigenvalue weighted by molar-refractivity contribution is 7.92. The summed E-state index contributed by atoms with van der Waals surface area (Å²) in [5, 5.41) is 22.1. The first-order chi connectivity index (χ1) is 36.8. The molecule has 78 heavy (non-hydrogen) atoms. The largest absolute Gasteiger partial charge is 0.458 e. The first-order valence-corrected chi connectivity index (χ1v) is 27.3. The van der Waals surface area contributed by atoms with Crippen molar-refractivity contribution in [2.45, 2.75) is 105 Å². The smallest absolute Gasteiger partial charge is 0.415 e. The minimum Gasteiger partial charge on any atom is -0.458 e. The number of likely N-dealkylation sites (N-methyl/N-ethyl adjacent to an activating group) is 2. The van der Waals surface area contributed by atoms with Crippen molar-refractivity contribution < 1.29 is 66.1 Å². The summed E-state index contributed by atoms with van der Waals surface area (Å²) in [6.07, 6.45) is -0.589. The summed E-state index contributed by atoms with van der Waals surface area (Å²) >= 11 is 0. The van der Waals surface area contributed by atoms with Gasteiger partial charge in [-0.2, -0.15) is 0 Å². The van der Waals surface area contributed by atoms with Crippen molar-refractivity contribution in [3.63, 3.8) is 0 Å². The lowest BCUT2D eigenvalue weighted by Crippen LogP contribution is -2.55. The number of nitrogens with one attached hydrogen (secondary N) is 4. The van der Waals surface area contributed by atoms with Gasteiger partial charge in [-0.25, -0.2) is 32.6 Å². The summed E-state index contributed by atoms with van der Waals surface area (Å²) in [7, 11) is -1.11. The lowest BCUT2D eigenvalue weighted by molar-refractivity contribution is -0.172. The van der Waals surface area contributed by atoms with Crippen molar-refractivity contribution in [1.82, 2.24) is 35.3 Å². The highest BCUT2D eigenvalue weighted by Gasteiger charge is 2.45. The topological polar surface area (TPSA) is 334 Å². The molecule has 6 rings (SSSR count). The molecule has 0 fully saturated rings. The molecule has 7 amide bonds. The first-order valence-electron chi connectivity index (χ1n) is 25.5. The molecule has 4 aromatic rings. The minimum absolute atomic E-state index is 0.0193. The third-order valence-corrected chi connectivity index (χ3v) is 15.0. The van der Waals surface area contributed by atoms with Crippen LogP contribution >= 0.6 is 0 Å². The predicted molar refractivity (Wildman–Crippen MR) is 284 cm³/mol. The van der Waals surface area contributed by atoms with Crippen LogP contribution in [0.4, 0.5) is 20.1 Å². The number of pyridine rings is 2. The van der Waals surface area contributed by atoms with E-state index in [4.69, 9.17) is 24.9 Å². The molecule has 7 N–H and O–H groups in total. The van der Waals surface area contributed by atoms with Crippen LogP contribution < -0.4 is 37.3 Å². The van der Waals surface area contributed by atoms with Crippen molar-refractivity contribution >= 4 is 74.1 Å². The number of sulfone groups is 1. The average molecular weight is 1100 g/mol. The molecule has 4 heterocycles. The van der Waals surface area contributed by atoms with Gasteiger partial charge in [0.1, 0.15) is 48.3 Å². The Hall–Kier alpha value is -7.93. The van der Waals surface area contributed by atoms with Gasteiger partial charge in [0, 0.05) is 61.8 Å². The second-order valence-electron chi connectivity index (χ2n) is 19.9. The number of aryl methyl sites for hydroxylation is 1. The highest BCUT2D eigenvalue weighted by Crippen LogP contribution is 2.41. The zero-order valence-corrected chi connectivity index (χ0v) is 45.7. The Morgan fingerprint density at radius 1 is 0.897 bits per heavy atom. The molecule has 3 atom stereocenters. The Balaban J connectivity index is 1.01. The molecule has 2 aromatic heterocycles. The second-order valence-corrected chi connectivity index (χ2v) is 22.0. The van der Waals surface area contributed by atoms with Crippen LogP contribution in [0.25, 0.3) is 22.3 Å². The van der Waals surface area contributed by atoms with Gasteiger partial charge in [0.05, 0.1) is 29.0 Å². The van der Waals surface area contributed by atoms with E-state index in [2.05, 4.69) is 21.3 Å². The molecule has 0 saturated carbocycles. The molecule has 0 unspecified atom stereocenters. The van der Waals surface area contributed by atoms with Crippen LogP contribution in [-0.4, -0.2) is 138 Å². The molecule has 0 spiro atoms. The number of primary amides is 1. The van der Waals surface area contributed by atoms with Crippen LogP contribution in [0.1, 0.15) is 88.6 Å². The Morgan fingerprint density at radius 3 is 2.21 bits per heavy atom. The number of esters is 1. The second kappa shape index (κ2) is 25.0. The number of aromatic nitrogens is 2. The monoisotopic (exact) mass is 1100 g/mol. The maximum atomic E-state index is 13.7. The zero-order chi connectivity index (χ0) is 57.4. The van der Waals surface area contributed by atoms with Gasteiger partial charge < -0.3 is 60.7 Å². The summed E-state index contributed by atoms with van der Waals surface area (Å²) in [5.74, 6) is -6.51. The number of carbonyl (C=O) groups excluding carboxylic acids is 8. The number of benzene rings is 2. The predicted octanol–water partition coefficient (Wildman–Crippen LogP) is 2.99. The fourth-order valence-electron chi connectivity index (χ4n) is 8.87. The zero-order valence-electron chi connectivity index (χ0n) is 44.9. The van der Waals surface area contributed by atoms with Crippen LogP contribution in [-0.2, 0) is 75.1 Å². The van der Waals surface area contributed by atoms with Crippen molar-refractivity contribution in [2.75, 3.05) is 50.6 Å². The van der Waals surface area contributed by atoms with Crippen molar-refractivity contribution in [1.29, 1.82) is 0 Å². The van der Waals surface area contributed by atoms with Gasteiger partial charge in [0.2, 0.25) is 17.7 Å². The highest BCUT2D eigenvalue weighted by atomic mass is 32.2. The number of amides is 7. The molecule has 0 aliphatic carbocycles. The van der Waals surface area contributed by atoms with Gasteiger partial charge in [-0.3, -0.25) is 24.0 Å². The third kappa shape index (κ3) is 14.0. The van der Waals surface area contributed by atoms with E-state index in [1.807, 2.05) is 6.92 Å². The Kier molecular flexibility index (Phi) is 19.0. The lowest BCUT2D eigenvalue weighted by atomic mass is 9.86. The number of carbonyl (C=O) groups is 8. The molecule has 2 aromatic carbocycles. The minimum atomic E-state index is -4.12. The number of Topliss-reactive ketones (excluding diaryl/α,β-unsaturated/α-hetero) is 1. The molecule has 25 heteroatoms. The third-order valence-electron chi connectivity index (χ3n) is 13.5. The van der Waals surface area contributed by atoms with Crippen LogP contribution in [0.3, 0.4) is 0 Å². The summed E-state index contributed by atoms with van der Waals surface area (Å²) in [6.45, 7) is 9.94. The molecule has 2 aliphatic rings. The lowest BCUT2D eigenvalue weighted by Gasteiger charge is -2.31. The van der Waals surface area contributed by atoms with Crippen LogP contribution in [0.5, 0.6) is 5.75 Å². The fourth-order valence-corrected chi connectivity index (χ4v) is 10.2. The van der Waals surface area contributed by atoms with Gasteiger partial charge in [-0.1, -0.05) is 53.7 Å². The number of rotatable bonds is 23. The van der Waals surface area contributed by atoms with E-state index in [1.165, 1.54) is 37.7 Å². The summed E-state index contributed by atoms with van der Waals surface area (Å²) in [6, 6.07) is 9.72. The van der Waals surface area contributed by atoms with E-state index >= 15 is 0 Å². The maximum Gasteiger partial charge on any atom is 0.415 e. The summed E-state index contributed by atoms with van der Waals surface area (Å²) in [4.78, 5) is 123. The standard InChI is InChI=1S/C53H67N9O15S/c1-9-34-35-22-33(17-18-39(35)57-45-36(34)24-62-41(45)23-38-37(48(62)67)26-75-49(68)53(38,72)10-2)77-52(71)61(8)21-20-60(7)51(70)76-25-31-13-15-32(16-14-31)56-46(65)40(12-11-19-55-50(54)69)58-47(66)44(30(5)6)59-43(64)28-78(73,74)27-42(63)29(3)4/h13-18,22-23,29-30,40,44,72H,9-12,19-21,24-28H2,1-8H3,(H,56,65)(H,58,66)(H,59,64)(H3,54,55,69)/t40-,44-,53-/m0/s1. The van der Waals surface area contributed by atoms with Crippen molar-refractivity contribution in [2.24, 2.45) is 17.6 Å². The summed E-state index contributed by atoms with van der Waals surface area (Å²) in [5.41, 5.74) is 7.45. The number of hydrogen-bond donors (Lipinski definition) is 6. The fraction of sp³-hybridized carbons (Fsp3) is 0.472. The van der Waals surface area contributed by atoms with E-state index in [9.17, 15) is 56.7 Å². The quantitative estimate of drug-likeness (QED) is 0.0404. The van der Waals surface area contributed by atoms with Gasteiger partial charge in [-0.05, 0) is 79.1 Å². The van der Waals surface area contributed by atoms with Crippen LogP contribution in [0.15, 0.2) is 53.3 Å². The number of urea groups is 1. The van der Waals surface area contributed by atoms with Crippen molar-refractivity contribution in [3.8, 4) is 17.1 Å². The molecule has 0 bridgehead atoms. The number of ketones is 1. The number of nitrogens with zero attached hydrogens (tertiary/aromatic N) is 4. The van der Waals surface area contributed by atoms with Crippen molar-refractivity contribution in [3.05, 3.63) is 86.7 Å². The maximum absolute atomic E-state index is 13.7.